The predicted molar refractivity (Wildman–Crippen MR) is 270 cm³/mol. The van der Waals surface area contributed by atoms with Crippen LogP contribution in [0.5, 0.6) is 0 Å². The molecule has 0 aromatic rings. The van der Waals surface area contributed by atoms with Gasteiger partial charge in [0.25, 0.3) is 0 Å². The summed E-state index contributed by atoms with van der Waals surface area (Å²) >= 11 is 0. The number of allylic oxidation sites excluding steroid dienone is 10. The second kappa shape index (κ2) is 48.6. The number of rotatable bonds is 48. The number of phosphoric acid groups is 1. The SMILES string of the molecule is CC/C=C\C/C=C\C/C=C\C/C=C\CCC(=O)OC(COC(=O)CCCCCCCCCCCCCCCCC)COP(=O)(O)OCC(CO)OC(=O)CCCCCCC/C=C\CCCC. The first-order valence-corrected chi connectivity index (χ1v) is 27.7. The first-order chi connectivity index (χ1) is 32.2. The Hall–Kier alpha value is -2.82. The van der Waals surface area contributed by atoms with Crippen LogP contribution in [0, 0.1) is 0 Å². The number of aliphatic hydroxyl groups excluding tert-OH is 1. The van der Waals surface area contributed by atoms with Crippen LogP contribution >= 0.6 is 7.82 Å². The van der Waals surface area contributed by atoms with Crippen LogP contribution in [0.2, 0.25) is 0 Å². The standard InChI is InChI=1S/C54H95O11P/c1-4-7-10-13-16-19-22-24-25-27-29-31-34-37-40-43-52(56)61-47-51(65-54(58)45-42-39-36-33-30-26-23-20-17-14-11-8-5-2)49-63-66(59,60)62-48-50(46-55)64-53(57)44-41-38-35-32-28-21-18-15-12-9-6-3/h8,11,15,17-18,20,26,30,36,39,50-51,55H,4-7,9-10,12-14,16,19,21-25,27-29,31-35,37-38,40-49H2,1-3H3,(H,59,60)/b11-8-,18-15-,20-17-,30-26-,39-36-. The minimum atomic E-state index is -4.76. The van der Waals surface area contributed by atoms with E-state index in [2.05, 4.69) is 69.4 Å². The fourth-order valence-electron chi connectivity index (χ4n) is 6.94. The normalized spacial score (nSPS) is 14.0. The number of carbonyl (C=O) groups is 3. The number of ether oxygens (including phenoxy) is 3. The lowest BCUT2D eigenvalue weighted by Crippen LogP contribution is -2.30. The molecule has 0 amide bonds. The molecular weight excluding hydrogens is 856 g/mol. The van der Waals surface area contributed by atoms with Gasteiger partial charge in [-0.3, -0.25) is 23.4 Å². The Morgan fingerprint density at radius 3 is 1.35 bits per heavy atom. The third kappa shape index (κ3) is 46.3. The highest BCUT2D eigenvalue weighted by atomic mass is 31.2. The Balaban J connectivity index is 4.81. The average molecular weight is 951 g/mol. The van der Waals surface area contributed by atoms with E-state index >= 15 is 0 Å². The second-order valence-electron chi connectivity index (χ2n) is 17.3. The zero-order valence-electron chi connectivity index (χ0n) is 41.9. The molecule has 2 N–H and O–H groups in total. The highest BCUT2D eigenvalue weighted by molar-refractivity contribution is 7.47. The minimum absolute atomic E-state index is 0.0470. The van der Waals surface area contributed by atoms with Gasteiger partial charge in [0.2, 0.25) is 0 Å². The molecule has 0 radical (unpaired) electrons. The number of hydrogen-bond acceptors (Lipinski definition) is 10. The highest BCUT2D eigenvalue weighted by Crippen LogP contribution is 2.43. The molecule has 0 aromatic carbocycles. The third-order valence-corrected chi connectivity index (χ3v) is 11.9. The zero-order chi connectivity index (χ0) is 48.4. The molecule has 0 aliphatic carbocycles. The van der Waals surface area contributed by atoms with Crippen molar-refractivity contribution in [3.63, 3.8) is 0 Å². The van der Waals surface area contributed by atoms with Gasteiger partial charge in [-0.25, -0.2) is 4.57 Å². The fraction of sp³-hybridized carbons (Fsp3) is 0.759. The van der Waals surface area contributed by atoms with E-state index in [9.17, 15) is 28.9 Å². The van der Waals surface area contributed by atoms with Gasteiger partial charge in [-0.2, -0.15) is 0 Å². The van der Waals surface area contributed by atoms with Crippen LogP contribution in [0.1, 0.15) is 226 Å². The Bertz CT molecular complexity index is 1340. The summed E-state index contributed by atoms with van der Waals surface area (Å²) < 4.78 is 39.2. The van der Waals surface area contributed by atoms with Crippen LogP contribution in [0.15, 0.2) is 60.8 Å². The quantitative estimate of drug-likeness (QED) is 0.0197. The Labute approximate surface area is 402 Å². The smallest absolute Gasteiger partial charge is 0.462 e. The molecule has 0 aliphatic rings. The number of carbonyl (C=O) groups excluding carboxylic acids is 3. The van der Waals surface area contributed by atoms with Crippen molar-refractivity contribution >= 4 is 25.7 Å². The van der Waals surface area contributed by atoms with Crippen LogP contribution in [0.3, 0.4) is 0 Å². The lowest BCUT2D eigenvalue weighted by molar-refractivity contribution is -0.161. The van der Waals surface area contributed by atoms with Crippen molar-refractivity contribution in [3.05, 3.63) is 60.8 Å². The van der Waals surface area contributed by atoms with E-state index in [1.54, 1.807) is 0 Å². The van der Waals surface area contributed by atoms with Crippen LogP contribution < -0.4 is 0 Å². The topological polar surface area (TPSA) is 155 Å². The van der Waals surface area contributed by atoms with Gasteiger partial charge in [0.15, 0.2) is 6.10 Å². The lowest BCUT2D eigenvalue weighted by atomic mass is 10.0. The maximum absolute atomic E-state index is 12.8. The molecule has 0 rings (SSSR count). The third-order valence-electron chi connectivity index (χ3n) is 10.9. The van der Waals surface area contributed by atoms with Gasteiger partial charge in [-0.15, -0.1) is 0 Å². The Morgan fingerprint density at radius 1 is 0.439 bits per heavy atom. The number of aliphatic hydroxyl groups is 1. The summed E-state index contributed by atoms with van der Waals surface area (Å²) in [7, 11) is -4.76. The second-order valence-corrected chi connectivity index (χ2v) is 18.8. The molecule has 0 aromatic heterocycles. The van der Waals surface area contributed by atoms with E-state index in [0.29, 0.717) is 19.3 Å². The van der Waals surface area contributed by atoms with Crippen molar-refractivity contribution in [2.75, 3.05) is 26.4 Å². The average Bonchev–Trinajstić information content (AvgIpc) is 3.30. The molecule has 0 saturated carbocycles. The first kappa shape index (κ1) is 63.2. The summed E-state index contributed by atoms with van der Waals surface area (Å²) in [6.45, 7) is 4.39. The monoisotopic (exact) mass is 951 g/mol. The fourth-order valence-corrected chi connectivity index (χ4v) is 7.72. The molecule has 382 valence electrons. The van der Waals surface area contributed by atoms with Crippen LogP contribution in [-0.2, 0) is 42.2 Å². The van der Waals surface area contributed by atoms with E-state index < -0.39 is 57.8 Å². The van der Waals surface area contributed by atoms with Crippen molar-refractivity contribution < 1.29 is 52.2 Å². The number of hydrogen-bond donors (Lipinski definition) is 2. The molecule has 3 atom stereocenters. The van der Waals surface area contributed by atoms with Crippen LogP contribution in [0.4, 0.5) is 0 Å². The first-order valence-electron chi connectivity index (χ1n) is 26.2. The molecule has 0 bridgehead atoms. The van der Waals surface area contributed by atoms with Gasteiger partial charge in [-0.05, 0) is 64.2 Å². The van der Waals surface area contributed by atoms with Gasteiger partial charge < -0.3 is 24.2 Å². The molecule has 0 aliphatic heterocycles. The maximum Gasteiger partial charge on any atom is 0.472 e. The number of esters is 3. The molecule has 0 saturated heterocycles. The van der Waals surface area contributed by atoms with E-state index in [1.807, 2.05) is 12.2 Å². The molecule has 0 spiro atoms. The largest absolute Gasteiger partial charge is 0.472 e. The molecule has 3 unspecified atom stereocenters. The van der Waals surface area contributed by atoms with Gasteiger partial charge >= 0.3 is 25.7 Å². The van der Waals surface area contributed by atoms with Crippen LogP contribution in [-0.4, -0.2) is 66.5 Å². The Kier molecular flexibility index (Phi) is 46.6. The minimum Gasteiger partial charge on any atom is -0.462 e. The van der Waals surface area contributed by atoms with Gasteiger partial charge in [-0.1, -0.05) is 204 Å². The number of unbranched alkanes of at least 4 members (excludes halogenated alkanes) is 21. The molecule has 0 fully saturated rings. The molecule has 0 heterocycles. The zero-order valence-corrected chi connectivity index (χ0v) is 42.8. The highest BCUT2D eigenvalue weighted by Gasteiger charge is 2.28. The maximum atomic E-state index is 12.8. The molecule has 11 nitrogen and oxygen atoms in total. The summed E-state index contributed by atoms with van der Waals surface area (Å²) in [4.78, 5) is 48.2. The summed E-state index contributed by atoms with van der Waals surface area (Å²) in [5, 5.41) is 9.75. The predicted octanol–water partition coefficient (Wildman–Crippen LogP) is 14.8. The van der Waals surface area contributed by atoms with Gasteiger partial charge in [0, 0.05) is 19.3 Å². The van der Waals surface area contributed by atoms with E-state index in [4.69, 9.17) is 23.3 Å². The summed E-state index contributed by atoms with van der Waals surface area (Å²) in [6.07, 6.45) is 50.7. The van der Waals surface area contributed by atoms with Crippen molar-refractivity contribution in [2.45, 2.75) is 238 Å². The number of phosphoric ester groups is 1. The van der Waals surface area contributed by atoms with Gasteiger partial charge in [0.1, 0.15) is 12.7 Å². The van der Waals surface area contributed by atoms with Crippen molar-refractivity contribution in [1.29, 1.82) is 0 Å². The van der Waals surface area contributed by atoms with Crippen LogP contribution in [0.25, 0.3) is 0 Å². The molecule has 12 heteroatoms. The summed E-state index contributed by atoms with van der Waals surface area (Å²) in [5.41, 5.74) is 0. The van der Waals surface area contributed by atoms with E-state index in [-0.39, 0.29) is 25.9 Å². The van der Waals surface area contributed by atoms with Gasteiger partial charge in [0.05, 0.1) is 19.8 Å². The summed E-state index contributed by atoms with van der Waals surface area (Å²) in [5.74, 6) is -1.57. The summed E-state index contributed by atoms with van der Waals surface area (Å²) in [6, 6.07) is 0. The van der Waals surface area contributed by atoms with Crippen molar-refractivity contribution in [3.8, 4) is 0 Å². The molecule has 66 heavy (non-hydrogen) atoms. The lowest BCUT2D eigenvalue weighted by Gasteiger charge is -2.21. The Morgan fingerprint density at radius 2 is 0.833 bits per heavy atom. The van der Waals surface area contributed by atoms with E-state index in [0.717, 1.165) is 83.5 Å². The van der Waals surface area contributed by atoms with Crippen molar-refractivity contribution in [1.82, 2.24) is 0 Å². The van der Waals surface area contributed by atoms with Crippen molar-refractivity contribution in [2.24, 2.45) is 0 Å². The molecular formula is C54H95O11P. The van der Waals surface area contributed by atoms with E-state index in [1.165, 1.54) is 83.5 Å².